The Morgan fingerprint density at radius 1 is 1.13 bits per heavy atom. The molecular formula is C19H24N2O2. The molecule has 0 aromatic heterocycles. The summed E-state index contributed by atoms with van der Waals surface area (Å²) in [4.78, 5) is 12.3. The number of hydrogen-bond acceptors (Lipinski definition) is 3. The summed E-state index contributed by atoms with van der Waals surface area (Å²) in [6.45, 7) is 6.80. The highest BCUT2D eigenvalue weighted by Crippen LogP contribution is 2.19. The third-order valence-corrected chi connectivity index (χ3v) is 3.26. The predicted molar refractivity (Wildman–Crippen MR) is 92.3 cm³/mol. The molecule has 0 radical (unpaired) electrons. The summed E-state index contributed by atoms with van der Waals surface area (Å²) in [5.74, 6) is 0.680. The zero-order chi connectivity index (χ0) is 16.9. The van der Waals surface area contributed by atoms with Crippen LogP contribution in [0.4, 0.5) is 0 Å². The Kier molecular flexibility index (Phi) is 5.40. The highest BCUT2D eigenvalue weighted by atomic mass is 16.5. The van der Waals surface area contributed by atoms with Crippen molar-refractivity contribution in [1.29, 1.82) is 0 Å². The van der Waals surface area contributed by atoms with Gasteiger partial charge in [0.1, 0.15) is 11.4 Å². The predicted octanol–water partition coefficient (Wildman–Crippen LogP) is 3.25. The molecule has 0 saturated heterocycles. The molecular weight excluding hydrogens is 288 g/mol. The van der Waals surface area contributed by atoms with Crippen molar-refractivity contribution in [2.75, 3.05) is 0 Å². The minimum atomic E-state index is -0.248. The van der Waals surface area contributed by atoms with E-state index in [0.29, 0.717) is 18.7 Å². The van der Waals surface area contributed by atoms with Gasteiger partial charge in [-0.15, -0.1) is 0 Å². The first-order valence-electron chi connectivity index (χ1n) is 7.73. The second-order valence-corrected chi connectivity index (χ2v) is 6.41. The molecule has 0 saturated carbocycles. The van der Waals surface area contributed by atoms with E-state index in [-0.39, 0.29) is 11.5 Å². The second-order valence-electron chi connectivity index (χ2n) is 6.41. The molecule has 0 spiro atoms. The lowest BCUT2D eigenvalue weighted by Crippen LogP contribution is -2.25. The lowest BCUT2D eigenvalue weighted by Gasteiger charge is -2.21. The standard InChI is InChI=1S/C19H24N2O2/c1-19(2,3)23-16-9-6-7-14(11-16)13-21-18(22)17-10-5-4-8-15(17)12-20/h4-11H,12-13,20H2,1-3H3,(H,21,22). The van der Waals surface area contributed by atoms with Crippen LogP contribution in [0.15, 0.2) is 48.5 Å². The van der Waals surface area contributed by atoms with Crippen molar-refractivity contribution in [2.24, 2.45) is 5.73 Å². The molecule has 1 amide bonds. The number of nitrogens with two attached hydrogens (primary N) is 1. The zero-order valence-corrected chi connectivity index (χ0v) is 13.9. The molecule has 122 valence electrons. The fraction of sp³-hybridized carbons (Fsp3) is 0.316. The number of hydrogen-bond donors (Lipinski definition) is 2. The number of ether oxygens (including phenoxy) is 1. The molecule has 2 rings (SSSR count). The van der Waals surface area contributed by atoms with Crippen LogP contribution in [0.1, 0.15) is 42.3 Å². The molecule has 0 bridgehead atoms. The van der Waals surface area contributed by atoms with E-state index in [2.05, 4.69) is 5.32 Å². The Morgan fingerprint density at radius 2 is 1.87 bits per heavy atom. The van der Waals surface area contributed by atoms with Crippen LogP contribution in [0.5, 0.6) is 5.75 Å². The summed E-state index contributed by atoms with van der Waals surface area (Å²) in [5.41, 5.74) is 7.89. The average Bonchev–Trinajstić information content (AvgIpc) is 2.51. The van der Waals surface area contributed by atoms with Gasteiger partial charge in [0.25, 0.3) is 5.91 Å². The highest BCUT2D eigenvalue weighted by Gasteiger charge is 2.12. The quantitative estimate of drug-likeness (QED) is 0.890. The minimum absolute atomic E-state index is 0.117. The summed E-state index contributed by atoms with van der Waals surface area (Å²) in [7, 11) is 0. The Labute approximate surface area is 137 Å². The summed E-state index contributed by atoms with van der Waals surface area (Å²) in [6.07, 6.45) is 0. The summed E-state index contributed by atoms with van der Waals surface area (Å²) >= 11 is 0. The molecule has 2 aromatic carbocycles. The molecule has 0 fully saturated rings. The number of carbonyl (C=O) groups is 1. The summed E-state index contributed by atoms with van der Waals surface area (Å²) < 4.78 is 5.84. The molecule has 4 heteroatoms. The molecule has 0 aliphatic carbocycles. The van der Waals surface area contributed by atoms with Gasteiger partial charge in [0.2, 0.25) is 0 Å². The largest absolute Gasteiger partial charge is 0.488 e. The maximum absolute atomic E-state index is 12.3. The van der Waals surface area contributed by atoms with Crippen LogP contribution < -0.4 is 15.8 Å². The van der Waals surface area contributed by atoms with Gasteiger partial charge < -0.3 is 15.8 Å². The first kappa shape index (κ1) is 17.0. The van der Waals surface area contributed by atoms with Crippen molar-refractivity contribution >= 4 is 5.91 Å². The van der Waals surface area contributed by atoms with Crippen molar-refractivity contribution in [3.05, 3.63) is 65.2 Å². The van der Waals surface area contributed by atoms with E-state index in [4.69, 9.17) is 10.5 Å². The van der Waals surface area contributed by atoms with Gasteiger partial charge in [-0.05, 0) is 50.1 Å². The van der Waals surface area contributed by atoms with Crippen molar-refractivity contribution in [2.45, 2.75) is 39.5 Å². The number of carbonyl (C=O) groups excluding carboxylic acids is 1. The van der Waals surface area contributed by atoms with Gasteiger partial charge in [0, 0.05) is 18.7 Å². The average molecular weight is 312 g/mol. The molecule has 0 unspecified atom stereocenters. The van der Waals surface area contributed by atoms with Crippen molar-refractivity contribution in [1.82, 2.24) is 5.32 Å². The van der Waals surface area contributed by atoms with Crippen LogP contribution in [0.3, 0.4) is 0 Å². The molecule has 4 nitrogen and oxygen atoms in total. The van der Waals surface area contributed by atoms with Gasteiger partial charge in [-0.2, -0.15) is 0 Å². The fourth-order valence-electron chi connectivity index (χ4n) is 2.27. The third kappa shape index (κ3) is 5.11. The Hall–Kier alpha value is -2.33. The van der Waals surface area contributed by atoms with Crippen LogP contribution in [0.25, 0.3) is 0 Å². The van der Waals surface area contributed by atoms with E-state index in [1.165, 1.54) is 0 Å². The Bertz CT molecular complexity index is 675. The highest BCUT2D eigenvalue weighted by molar-refractivity contribution is 5.95. The van der Waals surface area contributed by atoms with Crippen molar-refractivity contribution < 1.29 is 9.53 Å². The van der Waals surface area contributed by atoms with Crippen LogP contribution in [0, 0.1) is 0 Å². The molecule has 3 N–H and O–H groups in total. The Balaban J connectivity index is 2.03. The van der Waals surface area contributed by atoms with E-state index < -0.39 is 0 Å². The number of nitrogens with one attached hydrogen (secondary N) is 1. The fourth-order valence-corrected chi connectivity index (χ4v) is 2.27. The number of benzene rings is 2. The molecule has 0 aliphatic rings. The monoisotopic (exact) mass is 312 g/mol. The lowest BCUT2D eigenvalue weighted by molar-refractivity contribution is 0.0949. The van der Waals surface area contributed by atoms with Crippen LogP contribution in [-0.2, 0) is 13.1 Å². The second kappa shape index (κ2) is 7.29. The van der Waals surface area contributed by atoms with E-state index in [0.717, 1.165) is 16.9 Å². The van der Waals surface area contributed by atoms with Gasteiger partial charge in [0.05, 0.1) is 0 Å². The third-order valence-electron chi connectivity index (χ3n) is 3.26. The number of rotatable bonds is 5. The topological polar surface area (TPSA) is 64.3 Å². The number of amides is 1. The van der Waals surface area contributed by atoms with Gasteiger partial charge in [-0.25, -0.2) is 0 Å². The molecule has 0 heterocycles. The maximum Gasteiger partial charge on any atom is 0.251 e. The zero-order valence-electron chi connectivity index (χ0n) is 13.9. The molecule has 0 aliphatic heterocycles. The van der Waals surface area contributed by atoms with Crippen LogP contribution >= 0.6 is 0 Å². The normalized spacial score (nSPS) is 11.1. The molecule has 23 heavy (non-hydrogen) atoms. The first-order valence-corrected chi connectivity index (χ1v) is 7.73. The van der Waals surface area contributed by atoms with Gasteiger partial charge in [-0.1, -0.05) is 30.3 Å². The SMILES string of the molecule is CC(C)(C)Oc1cccc(CNC(=O)c2ccccc2CN)c1. The Morgan fingerprint density at radius 3 is 2.57 bits per heavy atom. The van der Waals surface area contributed by atoms with E-state index >= 15 is 0 Å². The van der Waals surface area contributed by atoms with Crippen LogP contribution in [0.2, 0.25) is 0 Å². The maximum atomic E-state index is 12.3. The summed E-state index contributed by atoms with van der Waals surface area (Å²) in [5, 5.41) is 2.93. The lowest BCUT2D eigenvalue weighted by atomic mass is 10.1. The van der Waals surface area contributed by atoms with Crippen LogP contribution in [-0.4, -0.2) is 11.5 Å². The summed E-state index contributed by atoms with van der Waals surface area (Å²) in [6, 6.07) is 15.1. The van der Waals surface area contributed by atoms with E-state index in [1.54, 1.807) is 6.07 Å². The van der Waals surface area contributed by atoms with E-state index in [9.17, 15) is 4.79 Å². The smallest absolute Gasteiger partial charge is 0.251 e. The first-order chi connectivity index (χ1) is 10.9. The van der Waals surface area contributed by atoms with Crippen molar-refractivity contribution in [3.8, 4) is 5.75 Å². The van der Waals surface area contributed by atoms with Gasteiger partial charge >= 0.3 is 0 Å². The van der Waals surface area contributed by atoms with Crippen molar-refractivity contribution in [3.63, 3.8) is 0 Å². The van der Waals surface area contributed by atoms with E-state index in [1.807, 2.05) is 63.2 Å². The molecule has 2 aromatic rings. The van der Waals surface area contributed by atoms with Gasteiger partial charge in [0.15, 0.2) is 0 Å². The minimum Gasteiger partial charge on any atom is -0.488 e. The van der Waals surface area contributed by atoms with Gasteiger partial charge in [-0.3, -0.25) is 4.79 Å². The molecule has 0 atom stereocenters.